The summed E-state index contributed by atoms with van der Waals surface area (Å²) in [6.07, 6.45) is -0.556. The topological polar surface area (TPSA) is 55.4 Å². The predicted molar refractivity (Wildman–Crippen MR) is 63.3 cm³/mol. The van der Waals surface area contributed by atoms with Crippen molar-refractivity contribution >= 4 is 12.1 Å². The van der Waals surface area contributed by atoms with Crippen molar-refractivity contribution in [3.8, 4) is 0 Å². The Balaban J connectivity index is 4.47. The molecule has 0 aromatic rings. The summed E-state index contributed by atoms with van der Waals surface area (Å²) < 4.78 is 17.7. The molecule has 1 amide bonds. The zero-order valence-corrected chi connectivity index (χ0v) is 11.4. The number of ether oxygens (including phenoxy) is 1. The average molecular weight is 247 g/mol. The van der Waals surface area contributed by atoms with Gasteiger partial charge >= 0.3 is 12.1 Å². The highest BCUT2D eigenvalue weighted by Crippen LogP contribution is 2.21. The second kappa shape index (κ2) is 5.47. The largest absolute Gasteiger partial charge is 0.444 e. The van der Waals surface area contributed by atoms with Crippen LogP contribution >= 0.6 is 0 Å². The Morgan fingerprint density at radius 3 is 1.94 bits per heavy atom. The molecule has 0 aliphatic heterocycles. The third-order valence-electron chi connectivity index (χ3n) is 1.78. The van der Waals surface area contributed by atoms with Crippen molar-refractivity contribution < 1.29 is 18.7 Å². The van der Waals surface area contributed by atoms with E-state index in [-0.39, 0.29) is 11.8 Å². The molecule has 0 unspecified atom stereocenters. The van der Waals surface area contributed by atoms with Crippen LogP contribution < -0.4 is 5.32 Å². The SMILES string of the molecule is CC(C)(C)C[C@@H](NC(=O)OC(C)(C)C)C(=O)F. The minimum atomic E-state index is -1.55. The minimum Gasteiger partial charge on any atom is -0.444 e. The van der Waals surface area contributed by atoms with Crippen molar-refractivity contribution in [1.82, 2.24) is 5.32 Å². The van der Waals surface area contributed by atoms with E-state index in [1.54, 1.807) is 20.8 Å². The van der Waals surface area contributed by atoms with Crippen molar-refractivity contribution in [2.45, 2.75) is 59.6 Å². The fraction of sp³-hybridized carbons (Fsp3) is 0.833. The Bertz CT molecular complexity index is 289. The quantitative estimate of drug-likeness (QED) is 0.780. The summed E-state index contributed by atoms with van der Waals surface area (Å²) in [5, 5.41) is 2.24. The van der Waals surface area contributed by atoms with Crippen LogP contribution in [0.1, 0.15) is 48.0 Å². The van der Waals surface area contributed by atoms with Gasteiger partial charge in [-0.15, -0.1) is 0 Å². The zero-order chi connectivity index (χ0) is 13.9. The molecule has 0 saturated carbocycles. The smallest absolute Gasteiger partial charge is 0.408 e. The normalized spacial score (nSPS) is 14.1. The molecule has 0 rings (SSSR count). The van der Waals surface area contributed by atoms with Gasteiger partial charge in [0.2, 0.25) is 0 Å². The molecule has 1 N–H and O–H groups in total. The lowest BCUT2D eigenvalue weighted by Crippen LogP contribution is -2.44. The van der Waals surface area contributed by atoms with Crippen LogP contribution in [0.25, 0.3) is 0 Å². The van der Waals surface area contributed by atoms with Gasteiger partial charge in [0.25, 0.3) is 0 Å². The van der Waals surface area contributed by atoms with E-state index in [2.05, 4.69) is 5.32 Å². The van der Waals surface area contributed by atoms with Crippen molar-refractivity contribution in [2.75, 3.05) is 0 Å². The van der Waals surface area contributed by atoms with Gasteiger partial charge in [-0.1, -0.05) is 20.8 Å². The molecular weight excluding hydrogens is 225 g/mol. The summed E-state index contributed by atoms with van der Waals surface area (Å²) in [6.45, 7) is 10.7. The number of halogens is 1. The molecule has 17 heavy (non-hydrogen) atoms. The van der Waals surface area contributed by atoms with Gasteiger partial charge in [-0.25, -0.2) is 4.79 Å². The van der Waals surface area contributed by atoms with Gasteiger partial charge in [0.05, 0.1) is 0 Å². The van der Waals surface area contributed by atoms with Gasteiger partial charge in [0.1, 0.15) is 11.6 Å². The standard InChI is InChI=1S/C12H22FNO3/c1-11(2,3)7-8(9(13)15)14-10(16)17-12(4,5)6/h8H,7H2,1-6H3,(H,14,16)/t8-/m1/s1. The Labute approximate surface area is 102 Å². The van der Waals surface area contributed by atoms with Gasteiger partial charge in [-0.3, -0.25) is 4.79 Å². The van der Waals surface area contributed by atoms with E-state index in [1.165, 1.54) is 0 Å². The molecule has 0 aliphatic rings. The maximum absolute atomic E-state index is 12.8. The number of rotatable bonds is 3. The van der Waals surface area contributed by atoms with Crippen LogP contribution in [0.2, 0.25) is 0 Å². The monoisotopic (exact) mass is 247 g/mol. The summed E-state index contributed by atoms with van der Waals surface area (Å²) in [5.41, 5.74) is -0.933. The van der Waals surface area contributed by atoms with Crippen LogP contribution in [-0.4, -0.2) is 23.8 Å². The Morgan fingerprint density at radius 1 is 1.18 bits per heavy atom. The molecule has 0 heterocycles. The first-order chi connectivity index (χ1) is 7.41. The van der Waals surface area contributed by atoms with Gasteiger partial charge in [0.15, 0.2) is 0 Å². The lowest BCUT2D eigenvalue weighted by atomic mass is 9.88. The molecule has 0 radical (unpaired) electrons. The number of carbonyl (C=O) groups excluding carboxylic acids is 2. The second-order valence-electron chi connectivity index (χ2n) is 6.27. The van der Waals surface area contributed by atoms with E-state index in [1.807, 2.05) is 20.8 Å². The predicted octanol–water partition coefficient (Wildman–Crippen LogP) is 2.81. The fourth-order valence-corrected chi connectivity index (χ4v) is 1.25. The molecular formula is C12H22FNO3. The Kier molecular flexibility index (Phi) is 5.11. The average Bonchev–Trinajstić information content (AvgIpc) is 1.95. The van der Waals surface area contributed by atoms with Gasteiger partial charge in [0, 0.05) is 0 Å². The molecule has 100 valence electrons. The highest BCUT2D eigenvalue weighted by atomic mass is 19.1. The third-order valence-corrected chi connectivity index (χ3v) is 1.78. The van der Waals surface area contributed by atoms with Crippen molar-refractivity contribution in [1.29, 1.82) is 0 Å². The summed E-state index contributed by atoms with van der Waals surface area (Å²) in [5.74, 6) is 0. The van der Waals surface area contributed by atoms with E-state index >= 15 is 0 Å². The van der Waals surface area contributed by atoms with E-state index in [4.69, 9.17) is 4.74 Å². The van der Waals surface area contributed by atoms with Crippen LogP contribution in [-0.2, 0) is 9.53 Å². The Morgan fingerprint density at radius 2 is 1.65 bits per heavy atom. The molecule has 0 fully saturated rings. The number of amides is 1. The van der Waals surface area contributed by atoms with Gasteiger partial charge in [-0.2, -0.15) is 4.39 Å². The van der Waals surface area contributed by atoms with Crippen LogP contribution in [0.15, 0.2) is 0 Å². The molecule has 0 saturated heterocycles. The van der Waals surface area contributed by atoms with Gasteiger partial charge in [-0.05, 0) is 32.6 Å². The number of hydrogen-bond donors (Lipinski definition) is 1. The zero-order valence-electron chi connectivity index (χ0n) is 11.4. The van der Waals surface area contributed by atoms with Gasteiger partial charge < -0.3 is 10.1 Å². The van der Waals surface area contributed by atoms with Crippen molar-refractivity contribution in [3.05, 3.63) is 0 Å². The first-order valence-electron chi connectivity index (χ1n) is 5.59. The van der Waals surface area contributed by atoms with Crippen LogP contribution in [0, 0.1) is 5.41 Å². The summed E-state index contributed by atoms with van der Waals surface area (Å²) in [6, 6.07) is -2.70. The lowest BCUT2D eigenvalue weighted by Gasteiger charge is -2.25. The Hall–Kier alpha value is -1.13. The molecule has 4 nitrogen and oxygen atoms in total. The third kappa shape index (κ3) is 8.65. The van der Waals surface area contributed by atoms with E-state index < -0.39 is 23.8 Å². The number of nitrogens with one attached hydrogen (secondary N) is 1. The molecule has 0 aromatic carbocycles. The van der Waals surface area contributed by atoms with E-state index in [0.717, 1.165) is 0 Å². The molecule has 1 atom stereocenters. The van der Waals surface area contributed by atoms with Crippen LogP contribution in [0.5, 0.6) is 0 Å². The molecule has 5 heteroatoms. The first-order valence-corrected chi connectivity index (χ1v) is 5.59. The van der Waals surface area contributed by atoms with E-state index in [0.29, 0.717) is 0 Å². The highest BCUT2D eigenvalue weighted by molar-refractivity contribution is 5.80. The number of alkyl carbamates (subject to hydrolysis) is 1. The molecule has 0 bridgehead atoms. The first kappa shape index (κ1) is 15.9. The summed E-state index contributed by atoms with van der Waals surface area (Å²) >= 11 is 0. The fourth-order valence-electron chi connectivity index (χ4n) is 1.25. The summed E-state index contributed by atoms with van der Waals surface area (Å²) in [7, 11) is 0. The number of carbonyl (C=O) groups is 2. The second-order valence-corrected chi connectivity index (χ2v) is 6.27. The lowest BCUT2D eigenvalue weighted by molar-refractivity contribution is -0.132. The maximum Gasteiger partial charge on any atom is 0.408 e. The highest BCUT2D eigenvalue weighted by Gasteiger charge is 2.28. The van der Waals surface area contributed by atoms with Crippen LogP contribution in [0.3, 0.4) is 0 Å². The van der Waals surface area contributed by atoms with E-state index in [9.17, 15) is 14.0 Å². The minimum absolute atomic E-state index is 0.224. The maximum atomic E-state index is 12.8. The van der Waals surface area contributed by atoms with Crippen molar-refractivity contribution in [3.63, 3.8) is 0 Å². The molecule has 0 spiro atoms. The molecule has 0 aromatic heterocycles. The van der Waals surface area contributed by atoms with Crippen LogP contribution in [0.4, 0.5) is 9.18 Å². The number of hydrogen-bond acceptors (Lipinski definition) is 3. The molecule has 0 aliphatic carbocycles. The van der Waals surface area contributed by atoms with Crippen molar-refractivity contribution in [2.24, 2.45) is 5.41 Å². The summed E-state index contributed by atoms with van der Waals surface area (Å²) in [4.78, 5) is 22.2.